The molecule has 2 aromatic carbocycles. The molecule has 0 saturated carbocycles. The lowest BCUT2D eigenvalue weighted by atomic mass is 10.1. The molecule has 0 aliphatic carbocycles. The number of nitrogens with zero attached hydrogens (tertiary/aromatic N) is 1. The van der Waals surface area contributed by atoms with Gasteiger partial charge in [0.2, 0.25) is 0 Å². The van der Waals surface area contributed by atoms with Gasteiger partial charge >= 0.3 is 0 Å². The molecule has 0 aliphatic heterocycles. The zero-order valence-electron chi connectivity index (χ0n) is 15.5. The van der Waals surface area contributed by atoms with E-state index < -0.39 is 0 Å². The molecule has 3 aromatic rings. The Morgan fingerprint density at radius 3 is 2.30 bits per heavy atom. The minimum Gasteiger partial charge on any atom is -0.497 e. The van der Waals surface area contributed by atoms with Gasteiger partial charge in [-0.3, -0.25) is 10.1 Å². The lowest BCUT2D eigenvalue weighted by Crippen LogP contribution is -2.13. The lowest BCUT2D eigenvalue weighted by molar-refractivity contribution is 0.102. The van der Waals surface area contributed by atoms with Crippen LogP contribution in [0.25, 0.3) is 11.3 Å². The average Bonchev–Trinajstić information content (AvgIpc) is 3.16. The number of hydrogen-bond donors (Lipinski definition) is 1. The Bertz CT molecular complexity index is 951. The number of methoxy groups -OCH3 is 3. The van der Waals surface area contributed by atoms with Crippen molar-refractivity contribution in [1.29, 1.82) is 0 Å². The summed E-state index contributed by atoms with van der Waals surface area (Å²) < 4.78 is 15.7. The molecule has 0 aliphatic rings. The van der Waals surface area contributed by atoms with Gasteiger partial charge in [-0.2, -0.15) is 0 Å². The number of nitrogens with one attached hydrogen (secondary N) is 1. The third-order valence-corrected chi connectivity index (χ3v) is 4.84. The third-order valence-electron chi connectivity index (χ3n) is 4.09. The molecule has 1 aromatic heterocycles. The number of carbonyl (C=O) groups is 1. The summed E-state index contributed by atoms with van der Waals surface area (Å²) in [5, 5.41) is 5.28. The van der Waals surface area contributed by atoms with E-state index in [1.807, 2.05) is 36.6 Å². The van der Waals surface area contributed by atoms with Gasteiger partial charge in [-0.1, -0.05) is 0 Å². The summed E-state index contributed by atoms with van der Waals surface area (Å²) in [5.41, 5.74) is 3.04. The summed E-state index contributed by atoms with van der Waals surface area (Å²) in [5.74, 6) is 1.63. The highest BCUT2D eigenvalue weighted by Crippen LogP contribution is 2.31. The molecule has 3 rings (SSSR count). The first-order valence-electron chi connectivity index (χ1n) is 8.19. The van der Waals surface area contributed by atoms with Crippen LogP contribution in [-0.2, 0) is 0 Å². The summed E-state index contributed by atoms with van der Waals surface area (Å²) in [6, 6.07) is 11.1. The minimum atomic E-state index is -0.246. The highest BCUT2D eigenvalue weighted by atomic mass is 32.1. The summed E-state index contributed by atoms with van der Waals surface area (Å²) >= 11 is 1.37. The second kappa shape index (κ2) is 8.09. The van der Waals surface area contributed by atoms with Crippen LogP contribution in [0.1, 0.15) is 15.9 Å². The van der Waals surface area contributed by atoms with Crippen molar-refractivity contribution in [3.8, 4) is 28.5 Å². The van der Waals surface area contributed by atoms with E-state index in [0.717, 1.165) is 22.6 Å². The van der Waals surface area contributed by atoms with Crippen molar-refractivity contribution < 1.29 is 19.0 Å². The van der Waals surface area contributed by atoms with Gasteiger partial charge in [0.1, 0.15) is 5.75 Å². The molecule has 0 unspecified atom stereocenters. The normalized spacial score (nSPS) is 10.4. The predicted octanol–water partition coefficient (Wildman–Crippen LogP) is 4.40. The number of aromatic nitrogens is 1. The van der Waals surface area contributed by atoms with E-state index in [1.165, 1.54) is 18.4 Å². The molecule has 1 N–H and O–H groups in total. The molecule has 6 nitrogen and oxygen atoms in total. The molecule has 140 valence electrons. The van der Waals surface area contributed by atoms with Gasteiger partial charge in [0.15, 0.2) is 16.6 Å². The first-order chi connectivity index (χ1) is 13.0. The van der Waals surface area contributed by atoms with Gasteiger partial charge in [0.05, 0.1) is 27.0 Å². The molecule has 0 radical (unpaired) electrons. The number of rotatable bonds is 6. The van der Waals surface area contributed by atoms with Crippen molar-refractivity contribution in [3.05, 3.63) is 52.9 Å². The Balaban J connectivity index is 1.80. The van der Waals surface area contributed by atoms with Gasteiger partial charge in [-0.05, 0) is 48.9 Å². The standard InChI is InChI=1S/C20H20N2O4S/c1-12-9-17(25-3)18(26-4)10-15(12)19(23)22-20-21-16(11-27-20)13-5-7-14(24-2)8-6-13/h5-11H,1-4H3,(H,21,22,23). The second-order valence-corrected chi connectivity index (χ2v) is 6.60. The van der Waals surface area contributed by atoms with E-state index in [-0.39, 0.29) is 5.91 Å². The van der Waals surface area contributed by atoms with Crippen LogP contribution in [0.5, 0.6) is 17.2 Å². The number of benzene rings is 2. The van der Waals surface area contributed by atoms with Gasteiger partial charge < -0.3 is 14.2 Å². The predicted molar refractivity (Wildman–Crippen MR) is 106 cm³/mol. The Kier molecular flexibility index (Phi) is 5.61. The number of aryl methyl sites for hydroxylation is 1. The van der Waals surface area contributed by atoms with Gasteiger partial charge in [0.25, 0.3) is 5.91 Å². The maximum Gasteiger partial charge on any atom is 0.257 e. The SMILES string of the molecule is COc1ccc(-c2csc(NC(=O)c3cc(OC)c(OC)cc3C)n2)cc1. The highest BCUT2D eigenvalue weighted by molar-refractivity contribution is 7.14. The van der Waals surface area contributed by atoms with Gasteiger partial charge in [0, 0.05) is 16.5 Å². The van der Waals surface area contributed by atoms with E-state index in [0.29, 0.717) is 22.2 Å². The molecular weight excluding hydrogens is 364 g/mol. The largest absolute Gasteiger partial charge is 0.497 e. The Hall–Kier alpha value is -3.06. The lowest BCUT2D eigenvalue weighted by Gasteiger charge is -2.12. The molecular formula is C20H20N2O4S. The molecule has 27 heavy (non-hydrogen) atoms. The van der Waals surface area contributed by atoms with Gasteiger partial charge in [-0.25, -0.2) is 4.98 Å². The van der Waals surface area contributed by atoms with Crippen molar-refractivity contribution in [1.82, 2.24) is 4.98 Å². The molecule has 1 amide bonds. The highest BCUT2D eigenvalue weighted by Gasteiger charge is 2.16. The van der Waals surface area contributed by atoms with E-state index in [2.05, 4.69) is 10.3 Å². The van der Waals surface area contributed by atoms with Crippen LogP contribution >= 0.6 is 11.3 Å². The summed E-state index contributed by atoms with van der Waals surface area (Å²) in [6.45, 7) is 1.85. The smallest absolute Gasteiger partial charge is 0.257 e. The fraction of sp³-hybridized carbons (Fsp3) is 0.200. The minimum absolute atomic E-state index is 0.246. The van der Waals surface area contributed by atoms with Crippen molar-refractivity contribution in [2.75, 3.05) is 26.6 Å². The number of thiazole rings is 1. The Morgan fingerprint density at radius 2 is 1.67 bits per heavy atom. The average molecular weight is 384 g/mol. The number of ether oxygens (including phenoxy) is 3. The van der Waals surface area contributed by atoms with E-state index in [1.54, 1.807) is 26.4 Å². The fourth-order valence-corrected chi connectivity index (χ4v) is 3.33. The second-order valence-electron chi connectivity index (χ2n) is 5.74. The first-order valence-corrected chi connectivity index (χ1v) is 9.07. The van der Waals surface area contributed by atoms with Crippen molar-refractivity contribution in [2.24, 2.45) is 0 Å². The molecule has 0 bridgehead atoms. The zero-order valence-corrected chi connectivity index (χ0v) is 16.3. The van der Waals surface area contributed by atoms with E-state index >= 15 is 0 Å². The van der Waals surface area contributed by atoms with Crippen LogP contribution < -0.4 is 19.5 Å². The summed E-state index contributed by atoms with van der Waals surface area (Å²) in [7, 11) is 4.73. The number of anilines is 1. The number of amides is 1. The zero-order chi connectivity index (χ0) is 19.4. The Labute approximate surface area is 161 Å². The monoisotopic (exact) mass is 384 g/mol. The third kappa shape index (κ3) is 4.03. The Morgan fingerprint density at radius 1 is 1.00 bits per heavy atom. The molecule has 1 heterocycles. The van der Waals surface area contributed by atoms with Crippen LogP contribution in [0.15, 0.2) is 41.8 Å². The van der Waals surface area contributed by atoms with Crippen molar-refractivity contribution in [2.45, 2.75) is 6.92 Å². The first kappa shape index (κ1) is 18.7. The van der Waals surface area contributed by atoms with Crippen molar-refractivity contribution >= 4 is 22.4 Å². The van der Waals surface area contributed by atoms with E-state index in [4.69, 9.17) is 14.2 Å². The van der Waals surface area contributed by atoms with Crippen molar-refractivity contribution in [3.63, 3.8) is 0 Å². The van der Waals surface area contributed by atoms with E-state index in [9.17, 15) is 4.79 Å². The molecule has 0 spiro atoms. The topological polar surface area (TPSA) is 69.7 Å². The summed E-state index contributed by atoms with van der Waals surface area (Å²) in [4.78, 5) is 17.2. The van der Waals surface area contributed by atoms with Crippen LogP contribution in [0.3, 0.4) is 0 Å². The quantitative estimate of drug-likeness (QED) is 0.682. The fourth-order valence-electron chi connectivity index (χ4n) is 2.62. The molecule has 0 saturated heterocycles. The van der Waals surface area contributed by atoms with Gasteiger partial charge in [-0.15, -0.1) is 11.3 Å². The van der Waals surface area contributed by atoms with Crippen LogP contribution in [-0.4, -0.2) is 32.2 Å². The summed E-state index contributed by atoms with van der Waals surface area (Å²) in [6.07, 6.45) is 0. The maximum absolute atomic E-state index is 12.7. The van der Waals surface area contributed by atoms with Crippen LogP contribution in [0.2, 0.25) is 0 Å². The number of hydrogen-bond acceptors (Lipinski definition) is 6. The molecule has 7 heteroatoms. The molecule has 0 atom stereocenters. The number of carbonyl (C=O) groups excluding carboxylic acids is 1. The molecule has 0 fully saturated rings. The maximum atomic E-state index is 12.7. The van der Waals surface area contributed by atoms with Crippen LogP contribution in [0, 0.1) is 6.92 Å². The van der Waals surface area contributed by atoms with Crippen LogP contribution in [0.4, 0.5) is 5.13 Å².